The van der Waals surface area contributed by atoms with Crippen molar-refractivity contribution in [1.29, 1.82) is 5.41 Å². The molecule has 246 valence electrons. The first-order valence-electron chi connectivity index (χ1n) is 16.0. The second-order valence-electron chi connectivity index (χ2n) is 11.8. The highest BCUT2D eigenvalue weighted by Gasteiger charge is 2.37. The number of nitrogens with two attached hydrogens (primary N) is 1. The monoisotopic (exact) mass is 636 g/mol. The fourth-order valence-corrected chi connectivity index (χ4v) is 6.46. The third kappa shape index (κ3) is 7.66. The van der Waals surface area contributed by atoms with Gasteiger partial charge in [-0.15, -0.1) is 0 Å². The van der Waals surface area contributed by atoms with Crippen LogP contribution in [-0.4, -0.2) is 74.7 Å². The van der Waals surface area contributed by atoms with Crippen molar-refractivity contribution >= 4 is 28.5 Å². The van der Waals surface area contributed by atoms with Crippen LogP contribution in [0.15, 0.2) is 91.0 Å². The van der Waals surface area contributed by atoms with Crippen molar-refractivity contribution in [1.82, 2.24) is 20.9 Å². The molecule has 1 aliphatic rings. The number of ether oxygens (including phenoxy) is 2. The van der Waals surface area contributed by atoms with Crippen molar-refractivity contribution < 1.29 is 19.1 Å². The average Bonchev–Trinajstić information content (AvgIpc) is 3.26. The summed E-state index contributed by atoms with van der Waals surface area (Å²) in [5.41, 5.74) is 8.37. The van der Waals surface area contributed by atoms with Gasteiger partial charge in [0.2, 0.25) is 5.91 Å². The standard InChI is InChI=1S/C37H44N6O4/c1-4-31(42-37(38)39)33-36(45)43(23-30(24-13-7-5-8-14-24)25-15-9-6-10-16-25)20-19-26(41-33)22-40-35(44)29-21-32(46-2)27-17-11-12-18-28(27)34(29)47-3/h5-18,21,26,30-31,33,41H,4,19-20,22-23H2,1-3H3,(H,40,44)(H4,38,39,42)/t26-,31?,33-/m0/s1. The minimum absolute atomic E-state index is 0.0329. The zero-order chi connectivity index (χ0) is 33.3. The molecule has 3 atom stereocenters. The van der Waals surface area contributed by atoms with Gasteiger partial charge < -0.3 is 30.7 Å². The van der Waals surface area contributed by atoms with Crippen LogP contribution in [0.25, 0.3) is 10.8 Å². The number of amides is 2. The van der Waals surface area contributed by atoms with E-state index in [-0.39, 0.29) is 36.3 Å². The van der Waals surface area contributed by atoms with Crippen molar-refractivity contribution in [2.45, 2.75) is 43.8 Å². The molecule has 0 saturated carbocycles. The summed E-state index contributed by atoms with van der Waals surface area (Å²) >= 11 is 0. The number of benzene rings is 4. The molecule has 47 heavy (non-hydrogen) atoms. The fourth-order valence-electron chi connectivity index (χ4n) is 6.46. The molecule has 0 bridgehead atoms. The van der Waals surface area contributed by atoms with Crippen molar-refractivity contribution in [3.63, 3.8) is 0 Å². The molecule has 5 rings (SSSR count). The number of carbonyl (C=O) groups excluding carboxylic acids is 2. The number of methoxy groups -OCH3 is 2. The van der Waals surface area contributed by atoms with E-state index in [0.717, 1.165) is 21.9 Å². The van der Waals surface area contributed by atoms with E-state index in [9.17, 15) is 9.59 Å². The van der Waals surface area contributed by atoms with Gasteiger partial charge in [-0.25, -0.2) is 0 Å². The Bertz CT molecular complexity index is 1640. The number of rotatable bonds is 12. The van der Waals surface area contributed by atoms with E-state index < -0.39 is 12.1 Å². The lowest BCUT2D eigenvalue weighted by Gasteiger charge is -2.33. The number of carbonyl (C=O) groups is 2. The van der Waals surface area contributed by atoms with Crippen LogP contribution < -0.4 is 31.2 Å². The minimum Gasteiger partial charge on any atom is -0.496 e. The largest absolute Gasteiger partial charge is 0.496 e. The Balaban J connectivity index is 1.40. The van der Waals surface area contributed by atoms with Crippen LogP contribution in [0, 0.1) is 5.41 Å². The van der Waals surface area contributed by atoms with Crippen LogP contribution in [0.3, 0.4) is 0 Å². The normalized spacial score (nSPS) is 17.2. The highest BCUT2D eigenvalue weighted by Crippen LogP contribution is 2.36. The third-order valence-electron chi connectivity index (χ3n) is 8.87. The van der Waals surface area contributed by atoms with Crippen LogP contribution >= 0.6 is 0 Å². The van der Waals surface area contributed by atoms with Crippen molar-refractivity contribution in [2.24, 2.45) is 5.73 Å². The van der Waals surface area contributed by atoms with Crippen LogP contribution in [-0.2, 0) is 4.79 Å². The molecular weight excluding hydrogens is 592 g/mol. The molecule has 1 unspecified atom stereocenters. The molecule has 1 saturated heterocycles. The van der Waals surface area contributed by atoms with Crippen LogP contribution in [0.5, 0.6) is 11.5 Å². The first-order valence-corrected chi connectivity index (χ1v) is 16.0. The van der Waals surface area contributed by atoms with Gasteiger partial charge in [0.1, 0.15) is 17.5 Å². The van der Waals surface area contributed by atoms with Gasteiger partial charge in [-0.1, -0.05) is 91.9 Å². The molecule has 1 heterocycles. The van der Waals surface area contributed by atoms with Gasteiger partial charge in [0.15, 0.2) is 5.96 Å². The molecule has 0 radical (unpaired) electrons. The maximum absolute atomic E-state index is 14.3. The Morgan fingerprint density at radius 2 is 1.60 bits per heavy atom. The molecule has 0 spiro atoms. The molecule has 0 aliphatic carbocycles. The van der Waals surface area contributed by atoms with Crippen molar-refractivity contribution in [3.05, 3.63) is 108 Å². The number of hydrogen-bond donors (Lipinski definition) is 5. The number of guanidine groups is 1. The van der Waals surface area contributed by atoms with E-state index in [1.807, 2.05) is 72.5 Å². The summed E-state index contributed by atoms with van der Waals surface area (Å²) in [5.74, 6) is 0.436. The van der Waals surface area contributed by atoms with E-state index in [1.54, 1.807) is 20.3 Å². The van der Waals surface area contributed by atoms with Crippen LogP contribution in [0.2, 0.25) is 0 Å². The summed E-state index contributed by atoms with van der Waals surface area (Å²) < 4.78 is 11.3. The molecular formula is C37H44N6O4. The summed E-state index contributed by atoms with van der Waals surface area (Å²) in [5, 5.41) is 19.1. The van der Waals surface area contributed by atoms with E-state index in [2.05, 4.69) is 40.2 Å². The first-order chi connectivity index (χ1) is 22.8. The Hall–Kier alpha value is -5.09. The average molecular weight is 637 g/mol. The van der Waals surface area contributed by atoms with Crippen LogP contribution in [0.4, 0.5) is 0 Å². The minimum atomic E-state index is -0.671. The quantitative estimate of drug-likeness (QED) is 0.116. The van der Waals surface area contributed by atoms with Gasteiger partial charge in [-0.05, 0) is 30.0 Å². The molecule has 10 nitrogen and oxygen atoms in total. The second kappa shape index (κ2) is 15.5. The predicted octanol–water partition coefficient (Wildman–Crippen LogP) is 4.24. The van der Waals surface area contributed by atoms with Crippen LogP contribution in [0.1, 0.15) is 47.2 Å². The lowest BCUT2D eigenvalue weighted by molar-refractivity contribution is -0.133. The number of nitrogens with zero attached hydrogens (tertiary/aromatic N) is 1. The van der Waals surface area contributed by atoms with E-state index in [0.29, 0.717) is 43.0 Å². The van der Waals surface area contributed by atoms with Gasteiger partial charge in [-0.2, -0.15) is 0 Å². The summed E-state index contributed by atoms with van der Waals surface area (Å²) in [4.78, 5) is 29.9. The van der Waals surface area contributed by atoms with Gasteiger partial charge in [-0.3, -0.25) is 20.3 Å². The lowest BCUT2D eigenvalue weighted by Crippen LogP contribution is -2.60. The Morgan fingerprint density at radius 3 is 2.17 bits per heavy atom. The zero-order valence-corrected chi connectivity index (χ0v) is 27.2. The molecule has 1 fully saturated rings. The fraction of sp³-hybridized carbons (Fsp3) is 0.324. The number of fused-ring (bicyclic) bond motifs is 1. The third-order valence-corrected chi connectivity index (χ3v) is 8.87. The van der Waals surface area contributed by atoms with Crippen molar-refractivity contribution in [2.75, 3.05) is 33.9 Å². The van der Waals surface area contributed by atoms with Gasteiger partial charge in [0, 0.05) is 42.4 Å². The highest BCUT2D eigenvalue weighted by molar-refractivity contribution is 6.06. The van der Waals surface area contributed by atoms with Gasteiger partial charge in [0.05, 0.1) is 25.8 Å². The van der Waals surface area contributed by atoms with E-state index in [1.165, 1.54) is 0 Å². The SMILES string of the molecule is CCC(NC(=N)N)[C@@H]1N[C@H](CNC(=O)c2cc(OC)c3ccccc3c2OC)CCN(CC(c2ccccc2)c2ccccc2)C1=O. The summed E-state index contributed by atoms with van der Waals surface area (Å²) in [7, 11) is 3.13. The molecule has 0 aromatic heterocycles. The maximum Gasteiger partial charge on any atom is 0.255 e. The smallest absolute Gasteiger partial charge is 0.255 e. The molecule has 2 amide bonds. The predicted molar refractivity (Wildman–Crippen MR) is 185 cm³/mol. The Kier molecular flexibility index (Phi) is 11.0. The molecule has 1 aliphatic heterocycles. The second-order valence-corrected chi connectivity index (χ2v) is 11.8. The summed E-state index contributed by atoms with van der Waals surface area (Å²) in [6.45, 7) is 3.20. The first kappa shape index (κ1) is 33.3. The molecule has 10 heteroatoms. The van der Waals surface area contributed by atoms with E-state index >= 15 is 0 Å². The molecule has 6 N–H and O–H groups in total. The Morgan fingerprint density at radius 1 is 0.979 bits per heavy atom. The molecule has 4 aromatic carbocycles. The Labute approximate surface area is 276 Å². The topological polar surface area (TPSA) is 142 Å². The van der Waals surface area contributed by atoms with Crippen molar-refractivity contribution in [3.8, 4) is 11.5 Å². The summed E-state index contributed by atoms with van der Waals surface area (Å²) in [6, 6.07) is 28.4. The summed E-state index contributed by atoms with van der Waals surface area (Å²) in [6.07, 6.45) is 1.16. The number of hydrogen-bond acceptors (Lipinski definition) is 6. The highest BCUT2D eigenvalue weighted by atomic mass is 16.5. The zero-order valence-electron chi connectivity index (χ0n) is 27.2. The van der Waals surface area contributed by atoms with E-state index in [4.69, 9.17) is 20.6 Å². The van der Waals surface area contributed by atoms with Gasteiger partial charge in [0.25, 0.3) is 5.91 Å². The number of nitrogens with one attached hydrogen (secondary N) is 4. The van der Waals surface area contributed by atoms with Gasteiger partial charge >= 0.3 is 0 Å². The molecule has 4 aromatic rings. The maximum atomic E-state index is 14.3. The lowest BCUT2D eigenvalue weighted by atomic mass is 9.90.